The fourth-order valence-corrected chi connectivity index (χ4v) is 1.99. The largest absolute Gasteiger partial charge is 0.494 e. The highest BCUT2D eigenvalue weighted by atomic mass is 16.5. The van der Waals surface area contributed by atoms with Gasteiger partial charge in [-0.2, -0.15) is 5.10 Å². The minimum Gasteiger partial charge on any atom is -0.494 e. The number of anilines is 1. The molecule has 0 aliphatic heterocycles. The number of hydrogen-bond acceptors (Lipinski definition) is 5. The number of nitrogens with zero attached hydrogens (tertiary/aromatic N) is 1. The predicted octanol–water partition coefficient (Wildman–Crippen LogP) is 2.13. The average molecular weight is 317 g/mol. The maximum Gasteiger partial charge on any atom is 0.280 e. The first-order valence-corrected chi connectivity index (χ1v) is 7.32. The monoisotopic (exact) mass is 317 g/mol. The van der Waals surface area contributed by atoms with Gasteiger partial charge in [-0.25, -0.2) is 0 Å². The van der Waals surface area contributed by atoms with Crippen LogP contribution in [-0.2, 0) is 0 Å². The Morgan fingerprint density at radius 2 is 1.96 bits per heavy atom. The third kappa shape index (κ3) is 4.09. The SMILES string of the molecule is CCOc1ccc(OCC)c(NC(=O)c2n[nH]c(C)cc2=O)c1. The van der Waals surface area contributed by atoms with Crippen molar-refractivity contribution in [2.24, 2.45) is 0 Å². The summed E-state index contributed by atoms with van der Waals surface area (Å²) in [5.41, 5.74) is 0.349. The van der Waals surface area contributed by atoms with Gasteiger partial charge in [0, 0.05) is 17.8 Å². The van der Waals surface area contributed by atoms with E-state index in [9.17, 15) is 9.59 Å². The normalized spacial score (nSPS) is 10.2. The number of H-pyrrole nitrogens is 1. The zero-order chi connectivity index (χ0) is 16.8. The Bertz CT molecular complexity index is 755. The van der Waals surface area contributed by atoms with E-state index in [1.54, 1.807) is 25.1 Å². The first-order chi connectivity index (χ1) is 11.0. The zero-order valence-electron chi connectivity index (χ0n) is 13.3. The molecular formula is C16H19N3O4. The fraction of sp³-hybridized carbons (Fsp3) is 0.312. The number of carbonyl (C=O) groups is 1. The average Bonchev–Trinajstić information content (AvgIpc) is 2.50. The number of aromatic amines is 1. The molecule has 0 spiro atoms. The molecular weight excluding hydrogens is 298 g/mol. The molecule has 0 aliphatic carbocycles. The van der Waals surface area contributed by atoms with Gasteiger partial charge in [-0.1, -0.05) is 0 Å². The van der Waals surface area contributed by atoms with Crippen LogP contribution in [0.3, 0.4) is 0 Å². The molecule has 7 heteroatoms. The molecule has 2 N–H and O–H groups in total. The van der Waals surface area contributed by atoms with E-state index in [0.717, 1.165) is 0 Å². The van der Waals surface area contributed by atoms with Gasteiger partial charge in [-0.3, -0.25) is 14.7 Å². The molecule has 1 aromatic carbocycles. The highest BCUT2D eigenvalue weighted by molar-refractivity contribution is 6.03. The van der Waals surface area contributed by atoms with Crippen LogP contribution < -0.4 is 20.2 Å². The van der Waals surface area contributed by atoms with Gasteiger partial charge in [-0.15, -0.1) is 0 Å². The zero-order valence-corrected chi connectivity index (χ0v) is 13.3. The summed E-state index contributed by atoms with van der Waals surface area (Å²) in [6.07, 6.45) is 0. The Hall–Kier alpha value is -2.83. The number of nitrogens with one attached hydrogen (secondary N) is 2. The van der Waals surface area contributed by atoms with Crippen LogP contribution in [0, 0.1) is 6.92 Å². The minimum absolute atomic E-state index is 0.208. The van der Waals surface area contributed by atoms with Crippen LogP contribution in [0.2, 0.25) is 0 Å². The van der Waals surface area contributed by atoms with Crippen LogP contribution in [0.15, 0.2) is 29.1 Å². The van der Waals surface area contributed by atoms with Crippen LogP contribution in [-0.4, -0.2) is 29.3 Å². The lowest BCUT2D eigenvalue weighted by molar-refractivity contribution is 0.101. The van der Waals surface area contributed by atoms with E-state index in [4.69, 9.17) is 9.47 Å². The number of benzene rings is 1. The highest BCUT2D eigenvalue weighted by Crippen LogP contribution is 2.29. The molecule has 2 rings (SSSR count). The van der Waals surface area contributed by atoms with Crippen molar-refractivity contribution in [1.82, 2.24) is 10.2 Å². The summed E-state index contributed by atoms with van der Waals surface area (Å²) in [6, 6.07) is 6.43. The summed E-state index contributed by atoms with van der Waals surface area (Å²) >= 11 is 0. The molecule has 0 saturated carbocycles. The van der Waals surface area contributed by atoms with Gasteiger partial charge in [0.15, 0.2) is 5.69 Å². The van der Waals surface area contributed by atoms with Gasteiger partial charge in [0.25, 0.3) is 5.91 Å². The number of amides is 1. The van der Waals surface area contributed by atoms with Crippen molar-refractivity contribution in [3.8, 4) is 11.5 Å². The van der Waals surface area contributed by atoms with Crippen molar-refractivity contribution in [2.75, 3.05) is 18.5 Å². The lowest BCUT2D eigenvalue weighted by Gasteiger charge is -2.13. The minimum atomic E-state index is -0.610. The van der Waals surface area contributed by atoms with Gasteiger partial charge < -0.3 is 14.8 Å². The van der Waals surface area contributed by atoms with Gasteiger partial charge >= 0.3 is 0 Å². The van der Waals surface area contributed by atoms with E-state index in [2.05, 4.69) is 15.5 Å². The fourth-order valence-electron chi connectivity index (χ4n) is 1.99. The van der Waals surface area contributed by atoms with Crippen LogP contribution in [0.1, 0.15) is 30.0 Å². The van der Waals surface area contributed by atoms with Crippen molar-refractivity contribution in [3.63, 3.8) is 0 Å². The van der Waals surface area contributed by atoms with Gasteiger partial charge in [-0.05, 0) is 32.9 Å². The van der Waals surface area contributed by atoms with E-state index in [1.807, 2.05) is 13.8 Å². The summed E-state index contributed by atoms with van der Waals surface area (Å²) < 4.78 is 10.9. The summed E-state index contributed by atoms with van der Waals surface area (Å²) in [6.45, 7) is 6.34. The van der Waals surface area contributed by atoms with E-state index < -0.39 is 11.3 Å². The van der Waals surface area contributed by atoms with Crippen molar-refractivity contribution < 1.29 is 14.3 Å². The van der Waals surface area contributed by atoms with E-state index in [-0.39, 0.29) is 5.69 Å². The topological polar surface area (TPSA) is 93.3 Å². The molecule has 7 nitrogen and oxygen atoms in total. The highest BCUT2D eigenvalue weighted by Gasteiger charge is 2.15. The maximum atomic E-state index is 12.3. The van der Waals surface area contributed by atoms with Crippen LogP contribution in [0.4, 0.5) is 5.69 Å². The van der Waals surface area contributed by atoms with Gasteiger partial charge in [0.05, 0.1) is 18.9 Å². The molecule has 1 aromatic heterocycles. The van der Waals surface area contributed by atoms with Crippen molar-refractivity contribution in [2.45, 2.75) is 20.8 Å². The Morgan fingerprint density at radius 3 is 2.61 bits per heavy atom. The molecule has 2 aromatic rings. The Balaban J connectivity index is 2.31. The number of hydrogen-bond donors (Lipinski definition) is 2. The number of ether oxygens (including phenoxy) is 2. The predicted molar refractivity (Wildman–Crippen MR) is 86.3 cm³/mol. The third-order valence-corrected chi connectivity index (χ3v) is 2.95. The Kier molecular flexibility index (Phi) is 5.35. The van der Waals surface area contributed by atoms with E-state index >= 15 is 0 Å². The second-order valence-corrected chi connectivity index (χ2v) is 4.74. The standard InChI is InChI=1S/C16H19N3O4/c1-4-22-11-6-7-14(23-5-2)12(9-11)17-16(21)15-13(20)8-10(3)18-19-15/h6-9H,4-5H2,1-3H3,(H,17,21)(H,18,20). The maximum absolute atomic E-state index is 12.3. The van der Waals surface area contributed by atoms with Crippen molar-refractivity contribution in [1.29, 1.82) is 0 Å². The second kappa shape index (κ2) is 7.44. The van der Waals surface area contributed by atoms with E-state index in [1.165, 1.54) is 6.07 Å². The smallest absolute Gasteiger partial charge is 0.280 e. The molecule has 23 heavy (non-hydrogen) atoms. The number of aromatic nitrogens is 2. The summed E-state index contributed by atoms with van der Waals surface area (Å²) in [5.74, 6) is 0.478. The third-order valence-electron chi connectivity index (χ3n) is 2.95. The summed E-state index contributed by atoms with van der Waals surface area (Å²) in [5, 5.41) is 9.04. The molecule has 0 bridgehead atoms. The molecule has 0 unspecified atom stereocenters. The summed E-state index contributed by atoms with van der Waals surface area (Å²) in [7, 11) is 0. The van der Waals surface area contributed by atoms with Crippen LogP contribution >= 0.6 is 0 Å². The van der Waals surface area contributed by atoms with Gasteiger partial charge in [0.2, 0.25) is 5.43 Å². The summed E-state index contributed by atoms with van der Waals surface area (Å²) in [4.78, 5) is 24.1. The molecule has 0 atom stereocenters. The van der Waals surface area contributed by atoms with Crippen molar-refractivity contribution in [3.05, 3.63) is 45.9 Å². The van der Waals surface area contributed by atoms with E-state index in [0.29, 0.717) is 36.1 Å². The molecule has 0 radical (unpaired) electrons. The number of aryl methyl sites for hydroxylation is 1. The lowest BCUT2D eigenvalue weighted by Crippen LogP contribution is -2.24. The molecule has 0 saturated heterocycles. The first kappa shape index (κ1) is 16.5. The quantitative estimate of drug-likeness (QED) is 0.851. The van der Waals surface area contributed by atoms with Crippen LogP contribution in [0.25, 0.3) is 0 Å². The number of carbonyl (C=O) groups excluding carboxylic acids is 1. The molecule has 0 fully saturated rings. The van der Waals surface area contributed by atoms with Gasteiger partial charge in [0.1, 0.15) is 11.5 Å². The van der Waals surface area contributed by atoms with Crippen molar-refractivity contribution >= 4 is 11.6 Å². The Labute approximate surface area is 133 Å². The lowest BCUT2D eigenvalue weighted by atomic mass is 10.2. The molecule has 0 aliphatic rings. The molecule has 122 valence electrons. The number of rotatable bonds is 6. The first-order valence-electron chi connectivity index (χ1n) is 7.32. The molecule has 1 amide bonds. The molecule has 1 heterocycles. The van der Waals surface area contributed by atoms with Crippen LogP contribution in [0.5, 0.6) is 11.5 Å². The second-order valence-electron chi connectivity index (χ2n) is 4.74. The Morgan fingerprint density at radius 1 is 1.22 bits per heavy atom.